The molecule has 3 nitrogen and oxygen atoms in total. The fraction of sp³-hybridized carbons (Fsp3) is 0.519. The van der Waals surface area contributed by atoms with E-state index in [1.165, 1.54) is 17.5 Å². The minimum absolute atomic E-state index is 0.0112. The summed E-state index contributed by atoms with van der Waals surface area (Å²) in [4.78, 5) is 11.9. The maximum Gasteiger partial charge on any atom is 0.308 e. The predicted molar refractivity (Wildman–Crippen MR) is 128 cm³/mol. The summed E-state index contributed by atoms with van der Waals surface area (Å²) in [6.07, 6.45) is 6.73. The SMILES string of the molecule is COC(=O)C1CC2(CCC(O[Si](c3ccccc3)(c3ccccc3)C(C)(C)C)CC2)C1. The Hall–Kier alpha value is -1.91. The molecule has 4 heteroatoms. The molecule has 0 aliphatic heterocycles. The summed E-state index contributed by atoms with van der Waals surface area (Å²) in [6, 6.07) is 21.8. The van der Waals surface area contributed by atoms with Crippen LogP contribution in [0.1, 0.15) is 59.3 Å². The van der Waals surface area contributed by atoms with Crippen molar-refractivity contribution < 1.29 is 14.0 Å². The van der Waals surface area contributed by atoms with Crippen molar-refractivity contribution in [2.75, 3.05) is 7.11 Å². The Bertz CT molecular complexity index is 832. The smallest absolute Gasteiger partial charge is 0.308 e. The normalized spacial score (nSPS) is 26.3. The fourth-order valence-corrected chi connectivity index (χ4v) is 10.7. The maximum atomic E-state index is 11.9. The van der Waals surface area contributed by atoms with E-state index in [1.807, 2.05) is 0 Å². The quantitative estimate of drug-likeness (QED) is 0.485. The van der Waals surface area contributed by atoms with Crippen molar-refractivity contribution in [2.45, 2.75) is 70.4 Å². The summed E-state index contributed by atoms with van der Waals surface area (Å²) in [5.41, 5.74) is 0.337. The Morgan fingerprint density at radius 3 is 1.81 bits per heavy atom. The molecule has 2 fully saturated rings. The topological polar surface area (TPSA) is 35.5 Å². The van der Waals surface area contributed by atoms with E-state index in [2.05, 4.69) is 81.4 Å². The third-order valence-electron chi connectivity index (χ3n) is 7.65. The molecule has 0 saturated heterocycles. The van der Waals surface area contributed by atoms with Crippen LogP contribution >= 0.6 is 0 Å². The zero-order valence-electron chi connectivity index (χ0n) is 19.4. The first-order valence-corrected chi connectivity index (χ1v) is 13.6. The second-order valence-corrected chi connectivity index (χ2v) is 14.9. The lowest BCUT2D eigenvalue weighted by Gasteiger charge is -2.52. The van der Waals surface area contributed by atoms with Crippen molar-refractivity contribution in [3.8, 4) is 0 Å². The molecule has 1 spiro atoms. The van der Waals surface area contributed by atoms with E-state index >= 15 is 0 Å². The third kappa shape index (κ3) is 4.12. The number of benzene rings is 2. The van der Waals surface area contributed by atoms with Crippen molar-refractivity contribution in [1.82, 2.24) is 0 Å². The first kappa shape index (κ1) is 22.3. The average molecular weight is 437 g/mol. The van der Waals surface area contributed by atoms with E-state index < -0.39 is 8.32 Å². The monoisotopic (exact) mass is 436 g/mol. The van der Waals surface area contributed by atoms with Crippen LogP contribution in [0.4, 0.5) is 0 Å². The molecule has 0 aromatic heterocycles. The molecule has 0 atom stereocenters. The second-order valence-electron chi connectivity index (χ2n) is 10.6. The highest BCUT2D eigenvalue weighted by Crippen LogP contribution is 2.55. The molecular formula is C27H36O3Si. The van der Waals surface area contributed by atoms with Gasteiger partial charge in [-0.05, 0) is 59.4 Å². The summed E-state index contributed by atoms with van der Waals surface area (Å²) in [5, 5.41) is 2.71. The number of esters is 1. The van der Waals surface area contributed by atoms with Crippen molar-refractivity contribution in [1.29, 1.82) is 0 Å². The van der Waals surface area contributed by atoms with Crippen LogP contribution in [0.25, 0.3) is 0 Å². The number of rotatable bonds is 5. The van der Waals surface area contributed by atoms with Gasteiger partial charge < -0.3 is 9.16 Å². The summed E-state index contributed by atoms with van der Waals surface area (Å²) >= 11 is 0. The van der Waals surface area contributed by atoms with E-state index in [9.17, 15) is 4.79 Å². The summed E-state index contributed by atoms with van der Waals surface area (Å²) < 4.78 is 12.3. The largest absolute Gasteiger partial charge is 0.469 e. The number of hydrogen-bond donors (Lipinski definition) is 0. The fourth-order valence-electron chi connectivity index (χ4n) is 5.99. The second kappa shape index (κ2) is 8.55. The number of methoxy groups -OCH3 is 1. The van der Waals surface area contributed by atoms with E-state index in [0.717, 1.165) is 38.5 Å². The van der Waals surface area contributed by atoms with Crippen LogP contribution in [-0.4, -0.2) is 27.5 Å². The van der Waals surface area contributed by atoms with Crippen molar-refractivity contribution in [3.63, 3.8) is 0 Å². The Morgan fingerprint density at radius 1 is 0.903 bits per heavy atom. The van der Waals surface area contributed by atoms with Gasteiger partial charge in [0.15, 0.2) is 0 Å². The standard InChI is InChI=1S/C27H36O3Si/c1-26(2,3)31(23-11-7-5-8-12-23,24-13-9-6-10-14-24)30-22-15-17-27(18-16-22)19-21(20-27)25(28)29-4/h5-14,21-22H,15-20H2,1-4H3. The summed E-state index contributed by atoms with van der Waals surface area (Å²) in [7, 11) is -0.985. The van der Waals surface area contributed by atoms with Crippen LogP contribution < -0.4 is 10.4 Å². The van der Waals surface area contributed by atoms with Crippen LogP contribution in [0.2, 0.25) is 5.04 Å². The molecule has 2 aliphatic rings. The van der Waals surface area contributed by atoms with Gasteiger partial charge in [0.05, 0.1) is 13.0 Å². The van der Waals surface area contributed by atoms with Gasteiger partial charge in [-0.25, -0.2) is 0 Å². The van der Waals surface area contributed by atoms with Gasteiger partial charge >= 0.3 is 5.97 Å². The van der Waals surface area contributed by atoms with Gasteiger partial charge in [-0.3, -0.25) is 4.79 Å². The average Bonchev–Trinajstić information content (AvgIpc) is 2.76. The lowest BCUT2D eigenvalue weighted by atomic mass is 9.55. The lowest BCUT2D eigenvalue weighted by molar-refractivity contribution is -0.156. The molecule has 31 heavy (non-hydrogen) atoms. The zero-order valence-corrected chi connectivity index (χ0v) is 20.4. The first-order valence-electron chi connectivity index (χ1n) is 11.7. The molecule has 2 aromatic rings. The van der Waals surface area contributed by atoms with E-state index in [1.54, 1.807) is 0 Å². The van der Waals surface area contributed by atoms with Crippen molar-refractivity contribution >= 4 is 24.7 Å². The maximum absolute atomic E-state index is 11.9. The lowest BCUT2D eigenvalue weighted by Crippen LogP contribution is -2.68. The molecule has 0 unspecified atom stereocenters. The van der Waals surface area contributed by atoms with Crippen LogP contribution in [0, 0.1) is 11.3 Å². The van der Waals surface area contributed by atoms with Gasteiger partial charge in [0.1, 0.15) is 0 Å². The Balaban J connectivity index is 1.58. The van der Waals surface area contributed by atoms with Gasteiger partial charge in [-0.1, -0.05) is 81.4 Å². The van der Waals surface area contributed by atoms with E-state index in [4.69, 9.17) is 9.16 Å². The highest BCUT2D eigenvalue weighted by molar-refractivity contribution is 6.99. The molecule has 0 radical (unpaired) electrons. The van der Waals surface area contributed by atoms with Crippen molar-refractivity contribution in [2.24, 2.45) is 11.3 Å². The third-order valence-corrected chi connectivity index (χ3v) is 12.7. The molecule has 0 bridgehead atoms. The molecule has 2 aromatic carbocycles. The summed E-state index contributed by atoms with van der Waals surface area (Å²) in [5.74, 6) is 0.0791. The summed E-state index contributed by atoms with van der Waals surface area (Å²) in [6.45, 7) is 7.03. The Labute approximate surface area is 188 Å². The van der Waals surface area contributed by atoms with Crippen LogP contribution in [0.15, 0.2) is 60.7 Å². The van der Waals surface area contributed by atoms with Crippen LogP contribution in [-0.2, 0) is 14.0 Å². The first-order chi connectivity index (χ1) is 14.8. The molecule has 2 saturated carbocycles. The minimum atomic E-state index is -2.49. The minimum Gasteiger partial charge on any atom is -0.469 e. The van der Waals surface area contributed by atoms with Gasteiger partial charge in [-0.2, -0.15) is 0 Å². The van der Waals surface area contributed by atoms with Crippen LogP contribution in [0.3, 0.4) is 0 Å². The van der Waals surface area contributed by atoms with Gasteiger partial charge in [0.2, 0.25) is 0 Å². The number of ether oxygens (including phenoxy) is 1. The molecule has 0 N–H and O–H groups in total. The van der Waals surface area contributed by atoms with E-state index in [0.29, 0.717) is 5.41 Å². The number of hydrogen-bond acceptors (Lipinski definition) is 3. The predicted octanol–water partition coefficient (Wildman–Crippen LogP) is 5.08. The van der Waals surface area contributed by atoms with Crippen LogP contribution in [0.5, 0.6) is 0 Å². The molecular weight excluding hydrogens is 400 g/mol. The Morgan fingerprint density at radius 2 is 1.39 bits per heavy atom. The number of carbonyl (C=O) groups is 1. The highest BCUT2D eigenvalue weighted by atomic mass is 28.4. The zero-order chi connectivity index (χ0) is 22.1. The van der Waals surface area contributed by atoms with Gasteiger partial charge in [-0.15, -0.1) is 0 Å². The highest BCUT2D eigenvalue weighted by Gasteiger charge is 2.54. The molecule has 2 aliphatic carbocycles. The molecule has 4 rings (SSSR count). The van der Waals surface area contributed by atoms with E-state index in [-0.39, 0.29) is 23.0 Å². The Kier molecular flexibility index (Phi) is 6.15. The van der Waals surface area contributed by atoms with Crippen molar-refractivity contribution in [3.05, 3.63) is 60.7 Å². The molecule has 166 valence electrons. The van der Waals surface area contributed by atoms with Gasteiger partial charge in [0, 0.05) is 6.10 Å². The number of carbonyl (C=O) groups excluding carboxylic acids is 1. The van der Waals surface area contributed by atoms with Gasteiger partial charge in [0.25, 0.3) is 8.32 Å². The molecule has 0 heterocycles. The molecule has 0 amide bonds.